The van der Waals surface area contributed by atoms with Gasteiger partial charge in [0.2, 0.25) is 0 Å². The van der Waals surface area contributed by atoms with E-state index in [1.54, 1.807) is 7.11 Å². The number of methoxy groups -OCH3 is 1. The van der Waals surface area contributed by atoms with Crippen LogP contribution in [0.5, 0.6) is 0 Å². The van der Waals surface area contributed by atoms with Crippen LogP contribution in [0.4, 0.5) is 0 Å². The molecule has 1 atom stereocenters. The van der Waals surface area contributed by atoms with Gasteiger partial charge in [0.05, 0.1) is 6.10 Å². The van der Waals surface area contributed by atoms with Crippen LogP contribution in [0.2, 0.25) is 0 Å². The fourth-order valence-corrected chi connectivity index (χ4v) is 1.49. The Morgan fingerprint density at radius 3 is 2.36 bits per heavy atom. The third-order valence-corrected chi connectivity index (χ3v) is 2.29. The van der Waals surface area contributed by atoms with Gasteiger partial charge in [-0.2, -0.15) is 0 Å². The van der Waals surface area contributed by atoms with Gasteiger partial charge in [-0.3, -0.25) is 0 Å². The molecule has 68 valence electrons. The number of rotatable bonds is 6. The normalized spacial score (nSPS) is 13.9. The summed E-state index contributed by atoms with van der Waals surface area (Å²) in [5.74, 6) is 0.746. The summed E-state index contributed by atoms with van der Waals surface area (Å²) in [6.45, 7) is 4.47. The van der Waals surface area contributed by atoms with Gasteiger partial charge < -0.3 is 4.74 Å². The smallest absolute Gasteiger partial charge is 0.0574 e. The molecule has 2 heteroatoms. The molecule has 0 aliphatic carbocycles. The summed E-state index contributed by atoms with van der Waals surface area (Å²) >= 11 is 3.42. The maximum absolute atomic E-state index is 5.34. The molecule has 0 aromatic heterocycles. The largest absolute Gasteiger partial charge is 0.381 e. The minimum atomic E-state index is 0.465. The van der Waals surface area contributed by atoms with Crippen molar-refractivity contribution in [2.45, 2.75) is 39.2 Å². The van der Waals surface area contributed by atoms with Crippen molar-refractivity contribution in [2.24, 2.45) is 5.92 Å². The minimum absolute atomic E-state index is 0.465. The van der Waals surface area contributed by atoms with E-state index in [0.29, 0.717) is 6.10 Å². The van der Waals surface area contributed by atoms with Gasteiger partial charge >= 0.3 is 0 Å². The van der Waals surface area contributed by atoms with E-state index in [0.717, 1.165) is 11.2 Å². The van der Waals surface area contributed by atoms with Crippen molar-refractivity contribution in [3.05, 3.63) is 0 Å². The third-order valence-electron chi connectivity index (χ3n) is 1.73. The Kier molecular flexibility index (Phi) is 7.39. The number of hydrogen-bond donors (Lipinski definition) is 0. The van der Waals surface area contributed by atoms with Gasteiger partial charge in [0, 0.05) is 12.4 Å². The van der Waals surface area contributed by atoms with E-state index >= 15 is 0 Å². The molecule has 0 rings (SSSR count). The summed E-state index contributed by atoms with van der Waals surface area (Å²) in [5, 5.41) is 1.09. The molecule has 0 saturated carbocycles. The Labute approximate surface area is 78.6 Å². The molecule has 0 aromatic carbocycles. The maximum Gasteiger partial charge on any atom is 0.0574 e. The first-order valence-corrected chi connectivity index (χ1v) is 5.41. The topological polar surface area (TPSA) is 9.23 Å². The fraction of sp³-hybridized carbons (Fsp3) is 1.00. The second-order valence-corrected chi connectivity index (χ2v) is 4.11. The quantitative estimate of drug-likeness (QED) is 0.628. The lowest BCUT2D eigenvalue weighted by atomic mass is 10.0. The van der Waals surface area contributed by atoms with Crippen molar-refractivity contribution in [1.29, 1.82) is 0 Å². The highest BCUT2D eigenvalue weighted by molar-refractivity contribution is 9.09. The standard InChI is InChI=1S/C9H19BrO/c1-8(2)7-9(11-3)5-4-6-10/h8-9H,4-7H2,1-3H3. The molecule has 0 aromatic rings. The highest BCUT2D eigenvalue weighted by atomic mass is 79.9. The molecule has 0 heterocycles. The molecular formula is C9H19BrO. The number of hydrogen-bond acceptors (Lipinski definition) is 1. The van der Waals surface area contributed by atoms with Crippen LogP contribution in [0.15, 0.2) is 0 Å². The van der Waals surface area contributed by atoms with E-state index in [-0.39, 0.29) is 0 Å². The van der Waals surface area contributed by atoms with Gasteiger partial charge in [0.1, 0.15) is 0 Å². The molecule has 0 fully saturated rings. The first-order valence-electron chi connectivity index (χ1n) is 4.29. The van der Waals surface area contributed by atoms with Crippen LogP contribution >= 0.6 is 15.9 Å². The molecule has 0 bridgehead atoms. The van der Waals surface area contributed by atoms with Crippen LogP contribution in [0.3, 0.4) is 0 Å². The van der Waals surface area contributed by atoms with E-state index in [1.807, 2.05) is 0 Å². The van der Waals surface area contributed by atoms with Crippen molar-refractivity contribution in [3.63, 3.8) is 0 Å². The Hall–Kier alpha value is 0.440. The van der Waals surface area contributed by atoms with Crippen molar-refractivity contribution < 1.29 is 4.74 Å². The molecule has 1 unspecified atom stereocenters. The molecule has 0 aliphatic heterocycles. The van der Waals surface area contributed by atoms with Gasteiger partial charge in [0.25, 0.3) is 0 Å². The number of ether oxygens (including phenoxy) is 1. The summed E-state index contributed by atoms with van der Waals surface area (Å²) in [7, 11) is 1.81. The summed E-state index contributed by atoms with van der Waals surface area (Å²) in [4.78, 5) is 0. The second kappa shape index (κ2) is 7.11. The monoisotopic (exact) mass is 222 g/mol. The van der Waals surface area contributed by atoms with Gasteiger partial charge in [0.15, 0.2) is 0 Å². The first kappa shape index (κ1) is 11.4. The Morgan fingerprint density at radius 1 is 1.36 bits per heavy atom. The lowest BCUT2D eigenvalue weighted by molar-refractivity contribution is 0.0772. The van der Waals surface area contributed by atoms with Gasteiger partial charge in [-0.25, -0.2) is 0 Å². The second-order valence-electron chi connectivity index (χ2n) is 3.32. The molecule has 0 N–H and O–H groups in total. The minimum Gasteiger partial charge on any atom is -0.381 e. The predicted molar refractivity (Wildman–Crippen MR) is 53.3 cm³/mol. The summed E-state index contributed by atoms with van der Waals surface area (Å²) in [5.41, 5.74) is 0. The molecular weight excluding hydrogens is 204 g/mol. The van der Waals surface area contributed by atoms with Gasteiger partial charge in [-0.1, -0.05) is 29.8 Å². The van der Waals surface area contributed by atoms with E-state index < -0.39 is 0 Å². The molecule has 0 aliphatic rings. The number of halogens is 1. The summed E-state index contributed by atoms with van der Waals surface area (Å²) in [6.07, 6.45) is 4.04. The van der Waals surface area contributed by atoms with Crippen molar-refractivity contribution >= 4 is 15.9 Å². The molecule has 0 saturated heterocycles. The molecule has 0 spiro atoms. The predicted octanol–water partition coefficient (Wildman–Crippen LogP) is 3.22. The summed E-state index contributed by atoms with van der Waals surface area (Å²) < 4.78 is 5.34. The van der Waals surface area contributed by atoms with Crippen LogP contribution in [-0.4, -0.2) is 18.5 Å². The van der Waals surface area contributed by atoms with Crippen LogP contribution < -0.4 is 0 Å². The van der Waals surface area contributed by atoms with Crippen molar-refractivity contribution in [1.82, 2.24) is 0 Å². The fourth-order valence-electron chi connectivity index (χ4n) is 1.16. The Bertz CT molecular complexity index is 83.6. The highest BCUT2D eigenvalue weighted by Gasteiger charge is 2.08. The molecule has 11 heavy (non-hydrogen) atoms. The first-order chi connectivity index (χ1) is 5.20. The van der Waals surface area contributed by atoms with Crippen molar-refractivity contribution in [2.75, 3.05) is 12.4 Å². The Morgan fingerprint density at radius 2 is 2.00 bits per heavy atom. The summed E-state index contributed by atoms with van der Waals surface area (Å²) in [6, 6.07) is 0. The average Bonchev–Trinajstić information content (AvgIpc) is 1.97. The molecule has 1 nitrogen and oxygen atoms in total. The number of alkyl halides is 1. The van der Waals surface area contributed by atoms with E-state index in [4.69, 9.17) is 4.74 Å². The lowest BCUT2D eigenvalue weighted by Crippen LogP contribution is -2.13. The maximum atomic E-state index is 5.34. The van der Waals surface area contributed by atoms with E-state index in [2.05, 4.69) is 29.8 Å². The third kappa shape index (κ3) is 6.82. The molecule has 0 radical (unpaired) electrons. The van der Waals surface area contributed by atoms with Gasteiger partial charge in [-0.15, -0.1) is 0 Å². The van der Waals surface area contributed by atoms with Crippen LogP contribution in [0.1, 0.15) is 33.1 Å². The zero-order valence-corrected chi connectivity index (χ0v) is 9.36. The van der Waals surface area contributed by atoms with E-state index in [1.165, 1.54) is 19.3 Å². The van der Waals surface area contributed by atoms with Crippen LogP contribution in [0, 0.1) is 5.92 Å². The van der Waals surface area contributed by atoms with Gasteiger partial charge in [-0.05, 0) is 25.2 Å². The van der Waals surface area contributed by atoms with Crippen LogP contribution in [-0.2, 0) is 4.74 Å². The Balaban J connectivity index is 3.41. The average molecular weight is 223 g/mol. The highest BCUT2D eigenvalue weighted by Crippen LogP contribution is 2.13. The van der Waals surface area contributed by atoms with E-state index in [9.17, 15) is 0 Å². The molecule has 0 amide bonds. The SMILES string of the molecule is COC(CCCBr)CC(C)C. The zero-order chi connectivity index (χ0) is 8.69. The van der Waals surface area contributed by atoms with Crippen LogP contribution in [0.25, 0.3) is 0 Å². The zero-order valence-electron chi connectivity index (χ0n) is 7.77. The lowest BCUT2D eigenvalue weighted by Gasteiger charge is -2.16. The van der Waals surface area contributed by atoms with Crippen molar-refractivity contribution in [3.8, 4) is 0 Å².